The highest BCUT2D eigenvalue weighted by Gasteiger charge is 2.31. The van der Waals surface area contributed by atoms with Gasteiger partial charge in [-0.1, -0.05) is 12.1 Å². The number of sulfonamides is 1. The second kappa shape index (κ2) is 6.31. The minimum absolute atomic E-state index is 0.0741. The Morgan fingerprint density at radius 3 is 2.37 bits per heavy atom. The van der Waals surface area contributed by atoms with Crippen LogP contribution in [0.1, 0.15) is 32.9 Å². The summed E-state index contributed by atoms with van der Waals surface area (Å²) in [6.45, 7) is 6.81. The number of rotatable bonds is 4. The van der Waals surface area contributed by atoms with E-state index in [9.17, 15) is 18.3 Å². The summed E-state index contributed by atoms with van der Waals surface area (Å²) < 4.78 is 28.5. The van der Waals surface area contributed by atoms with Crippen molar-refractivity contribution in [3.63, 3.8) is 0 Å². The van der Waals surface area contributed by atoms with Gasteiger partial charge >= 0.3 is 16.0 Å². The lowest BCUT2D eigenvalue weighted by atomic mass is 10.0. The fraction of sp³-hybridized carbons (Fsp3) is 0.294. The van der Waals surface area contributed by atoms with Gasteiger partial charge in [-0.2, -0.15) is 13.4 Å². The van der Waals surface area contributed by atoms with Crippen molar-refractivity contribution >= 4 is 27.5 Å². The van der Waals surface area contributed by atoms with Crippen LogP contribution in [-0.4, -0.2) is 46.1 Å². The highest BCUT2D eigenvalue weighted by atomic mass is 32.2. The van der Waals surface area contributed by atoms with Crippen LogP contribution in [0.5, 0.6) is 0 Å². The Bertz CT molecular complexity index is 1180. The van der Waals surface area contributed by atoms with E-state index in [0.29, 0.717) is 22.5 Å². The Labute approximate surface area is 156 Å². The molecule has 0 fully saturated rings. The summed E-state index contributed by atoms with van der Waals surface area (Å²) in [5.74, 6) is -1.04. The topological polar surface area (TPSA) is 118 Å². The van der Waals surface area contributed by atoms with Crippen molar-refractivity contribution in [1.82, 2.24) is 19.6 Å². The molecule has 0 aliphatic carbocycles. The number of hydrogen-bond acceptors (Lipinski definition) is 6. The summed E-state index contributed by atoms with van der Waals surface area (Å²) >= 11 is 0. The largest absolute Gasteiger partial charge is 0.478 e. The fourth-order valence-electron chi connectivity index (χ4n) is 2.97. The second-order valence-corrected chi connectivity index (χ2v) is 8.21. The van der Waals surface area contributed by atoms with Crippen LogP contribution < -0.4 is 4.31 Å². The van der Waals surface area contributed by atoms with Crippen LogP contribution in [-0.2, 0) is 10.0 Å². The molecule has 2 heterocycles. The molecular formula is C17H19N5O4S. The standard InChI is InChI=1S/C17H19N5O4S/c1-9-6-7-10(2)14(13(9)15(23)24)21(5)27(25,26)17-19-16-18-11(3)8-12(4)22(16)20-17/h6-8H,1-5H3,(H,23,24). The quantitative estimate of drug-likeness (QED) is 0.724. The molecule has 27 heavy (non-hydrogen) atoms. The molecule has 3 aromatic rings. The first-order valence-corrected chi connectivity index (χ1v) is 9.51. The molecule has 0 saturated heterocycles. The summed E-state index contributed by atoms with van der Waals surface area (Å²) in [5, 5.41) is 13.2. The predicted molar refractivity (Wildman–Crippen MR) is 98.7 cm³/mol. The maximum absolute atomic E-state index is 13.1. The fourth-order valence-corrected chi connectivity index (χ4v) is 4.07. The molecule has 2 aromatic heterocycles. The van der Waals surface area contributed by atoms with Gasteiger partial charge in [0.1, 0.15) is 0 Å². The Kier molecular flexibility index (Phi) is 4.38. The number of nitrogens with zero attached hydrogens (tertiary/aromatic N) is 5. The lowest BCUT2D eigenvalue weighted by molar-refractivity contribution is 0.0697. The van der Waals surface area contributed by atoms with Crippen LogP contribution in [0.3, 0.4) is 0 Å². The molecular weight excluding hydrogens is 370 g/mol. The Morgan fingerprint density at radius 1 is 1.11 bits per heavy atom. The van der Waals surface area contributed by atoms with Gasteiger partial charge in [0.25, 0.3) is 10.9 Å². The summed E-state index contributed by atoms with van der Waals surface area (Å²) in [6.07, 6.45) is 0. The monoisotopic (exact) mass is 389 g/mol. The lowest BCUT2D eigenvalue weighted by Gasteiger charge is -2.22. The van der Waals surface area contributed by atoms with E-state index in [1.54, 1.807) is 45.9 Å². The van der Waals surface area contributed by atoms with E-state index in [2.05, 4.69) is 15.1 Å². The molecule has 3 rings (SSSR count). The third-order valence-electron chi connectivity index (χ3n) is 4.31. The molecule has 1 aromatic carbocycles. The van der Waals surface area contributed by atoms with Crippen LogP contribution >= 0.6 is 0 Å². The molecule has 0 bridgehead atoms. The number of hydrogen-bond donors (Lipinski definition) is 1. The lowest BCUT2D eigenvalue weighted by Crippen LogP contribution is -2.30. The predicted octanol–water partition coefficient (Wildman–Crippen LogP) is 1.88. The van der Waals surface area contributed by atoms with Gasteiger partial charge in [0.15, 0.2) is 0 Å². The van der Waals surface area contributed by atoms with Gasteiger partial charge in [0.05, 0.1) is 11.3 Å². The highest BCUT2D eigenvalue weighted by molar-refractivity contribution is 7.92. The number of aromatic nitrogens is 4. The number of aryl methyl sites for hydroxylation is 4. The van der Waals surface area contributed by atoms with E-state index in [-0.39, 0.29) is 17.0 Å². The van der Waals surface area contributed by atoms with Crippen molar-refractivity contribution in [1.29, 1.82) is 0 Å². The smallest absolute Gasteiger partial charge is 0.338 e. The van der Waals surface area contributed by atoms with E-state index in [0.717, 1.165) is 4.31 Å². The van der Waals surface area contributed by atoms with E-state index in [1.165, 1.54) is 11.6 Å². The molecule has 0 radical (unpaired) electrons. The number of carbonyl (C=O) groups is 1. The molecule has 1 N–H and O–H groups in total. The summed E-state index contributed by atoms with van der Waals surface area (Å²) in [4.78, 5) is 20.0. The van der Waals surface area contributed by atoms with Gasteiger partial charge in [-0.15, -0.1) is 5.10 Å². The van der Waals surface area contributed by atoms with Crippen molar-refractivity contribution < 1.29 is 18.3 Å². The molecule has 142 valence electrons. The number of carboxylic acid groups (broad SMARTS) is 1. The van der Waals surface area contributed by atoms with Crippen LogP contribution in [0.4, 0.5) is 5.69 Å². The molecule has 0 saturated carbocycles. The maximum Gasteiger partial charge on any atom is 0.338 e. The van der Waals surface area contributed by atoms with Crippen molar-refractivity contribution in [3.05, 3.63) is 46.3 Å². The molecule has 0 amide bonds. The first kappa shape index (κ1) is 18.8. The first-order chi connectivity index (χ1) is 12.5. The third kappa shape index (κ3) is 3.01. The average Bonchev–Trinajstić information content (AvgIpc) is 3.00. The zero-order valence-electron chi connectivity index (χ0n) is 15.5. The minimum atomic E-state index is -4.19. The number of carboxylic acids is 1. The van der Waals surface area contributed by atoms with Crippen molar-refractivity contribution in [2.75, 3.05) is 11.4 Å². The molecule has 0 spiro atoms. The molecule has 9 nitrogen and oxygen atoms in total. The Balaban J connectivity index is 2.21. The molecule has 0 aliphatic heterocycles. The van der Waals surface area contributed by atoms with Crippen molar-refractivity contribution in [3.8, 4) is 0 Å². The van der Waals surface area contributed by atoms with E-state index >= 15 is 0 Å². The number of benzene rings is 1. The Hall–Kier alpha value is -3.01. The number of fused-ring (bicyclic) bond motifs is 1. The van der Waals surface area contributed by atoms with Gasteiger partial charge in [-0.05, 0) is 44.9 Å². The van der Waals surface area contributed by atoms with E-state index < -0.39 is 21.1 Å². The molecule has 0 atom stereocenters. The highest BCUT2D eigenvalue weighted by Crippen LogP contribution is 2.30. The number of anilines is 1. The minimum Gasteiger partial charge on any atom is -0.478 e. The van der Waals surface area contributed by atoms with Gasteiger partial charge < -0.3 is 5.11 Å². The molecule has 10 heteroatoms. The maximum atomic E-state index is 13.1. The average molecular weight is 389 g/mol. The van der Waals surface area contributed by atoms with Gasteiger partial charge in [-0.25, -0.2) is 14.3 Å². The van der Waals surface area contributed by atoms with Crippen molar-refractivity contribution in [2.45, 2.75) is 32.9 Å². The zero-order chi connectivity index (χ0) is 20.1. The summed E-state index contributed by atoms with van der Waals surface area (Å²) in [7, 11) is -2.90. The zero-order valence-corrected chi connectivity index (χ0v) is 16.4. The van der Waals surface area contributed by atoms with Crippen molar-refractivity contribution in [2.24, 2.45) is 0 Å². The third-order valence-corrected chi connectivity index (χ3v) is 5.84. The van der Waals surface area contributed by atoms with Gasteiger partial charge in [-0.3, -0.25) is 4.31 Å². The second-order valence-electron chi connectivity index (χ2n) is 6.35. The van der Waals surface area contributed by atoms with Crippen LogP contribution in [0.15, 0.2) is 23.4 Å². The number of aromatic carboxylic acids is 1. The van der Waals surface area contributed by atoms with Crippen LogP contribution in [0.25, 0.3) is 5.78 Å². The molecule has 0 aliphatic rings. The normalized spacial score (nSPS) is 11.7. The van der Waals surface area contributed by atoms with Gasteiger partial charge in [0, 0.05) is 18.4 Å². The summed E-state index contributed by atoms with van der Waals surface area (Å²) in [5.41, 5.74) is 2.36. The van der Waals surface area contributed by atoms with E-state index in [4.69, 9.17) is 0 Å². The van der Waals surface area contributed by atoms with E-state index in [1.807, 2.05) is 0 Å². The SMILES string of the molecule is Cc1cc(C)n2nc(S(=O)(=O)N(C)c3c(C)ccc(C)c3C(=O)O)nc2n1. The summed E-state index contributed by atoms with van der Waals surface area (Å²) in [6, 6.07) is 5.08. The van der Waals surface area contributed by atoms with Gasteiger partial charge in [0.2, 0.25) is 0 Å². The van der Waals surface area contributed by atoms with Crippen LogP contribution in [0.2, 0.25) is 0 Å². The first-order valence-electron chi connectivity index (χ1n) is 8.07. The molecule has 0 unspecified atom stereocenters. The van der Waals surface area contributed by atoms with Crippen LogP contribution in [0, 0.1) is 27.7 Å². The Morgan fingerprint density at radius 2 is 1.74 bits per heavy atom.